The van der Waals surface area contributed by atoms with Gasteiger partial charge in [0.15, 0.2) is 5.78 Å². The van der Waals surface area contributed by atoms with Crippen LogP contribution >= 0.6 is 23.1 Å². The number of rotatable bonds is 5. The third-order valence-corrected chi connectivity index (χ3v) is 5.12. The van der Waals surface area contributed by atoms with Crippen molar-refractivity contribution in [2.45, 2.75) is 18.4 Å². The van der Waals surface area contributed by atoms with Crippen LogP contribution in [0.3, 0.4) is 0 Å². The van der Waals surface area contributed by atoms with Gasteiger partial charge in [-0.05, 0) is 24.6 Å². The molecular formula is C14H13N3OS2. The number of Topliss-reactive ketones (excluding diaryl/α,β-unsaturated/α-hetero) is 1. The van der Waals surface area contributed by atoms with Gasteiger partial charge in [0, 0.05) is 16.5 Å². The topological polar surface area (TPSA) is 58.6 Å². The average Bonchev–Trinajstić information content (AvgIpc) is 3.13. The van der Waals surface area contributed by atoms with Crippen LogP contribution in [0.5, 0.6) is 0 Å². The summed E-state index contributed by atoms with van der Waals surface area (Å²) in [4.78, 5) is 25.8. The second-order valence-corrected chi connectivity index (χ2v) is 6.34. The SMILES string of the molecule is CCc1cc2c(SCC(=O)c3ccc[nH]3)ncnc2s1. The smallest absolute Gasteiger partial charge is 0.189 e. The van der Waals surface area contributed by atoms with E-state index in [4.69, 9.17) is 0 Å². The highest BCUT2D eigenvalue weighted by Gasteiger charge is 2.12. The van der Waals surface area contributed by atoms with Crippen LogP contribution in [0.2, 0.25) is 0 Å². The molecule has 0 radical (unpaired) electrons. The van der Waals surface area contributed by atoms with Crippen LogP contribution in [-0.2, 0) is 6.42 Å². The van der Waals surface area contributed by atoms with Gasteiger partial charge < -0.3 is 4.98 Å². The number of H-pyrrole nitrogens is 1. The van der Waals surface area contributed by atoms with E-state index in [0.717, 1.165) is 21.7 Å². The van der Waals surface area contributed by atoms with Crippen molar-refractivity contribution in [2.75, 3.05) is 5.75 Å². The van der Waals surface area contributed by atoms with Gasteiger partial charge in [-0.3, -0.25) is 4.79 Å². The highest BCUT2D eigenvalue weighted by atomic mass is 32.2. The monoisotopic (exact) mass is 303 g/mol. The molecule has 102 valence electrons. The van der Waals surface area contributed by atoms with Gasteiger partial charge in [-0.1, -0.05) is 18.7 Å². The maximum Gasteiger partial charge on any atom is 0.189 e. The quantitative estimate of drug-likeness (QED) is 0.445. The van der Waals surface area contributed by atoms with Crippen molar-refractivity contribution in [2.24, 2.45) is 0 Å². The summed E-state index contributed by atoms with van der Waals surface area (Å²) in [5, 5.41) is 1.93. The molecule has 0 aromatic carbocycles. The zero-order valence-corrected chi connectivity index (χ0v) is 12.6. The van der Waals surface area contributed by atoms with E-state index in [9.17, 15) is 4.79 Å². The normalized spacial score (nSPS) is 11.1. The van der Waals surface area contributed by atoms with E-state index < -0.39 is 0 Å². The number of fused-ring (bicyclic) bond motifs is 1. The lowest BCUT2D eigenvalue weighted by molar-refractivity contribution is 0.101. The van der Waals surface area contributed by atoms with Gasteiger partial charge in [-0.2, -0.15) is 0 Å². The fourth-order valence-corrected chi connectivity index (χ4v) is 3.74. The summed E-state index contributed by atoms with van der Waals surface area (Å²) in [5.41, 5.74) is 0.641. The second kappa shape index (κ2) is 5.76. The largest absolute Gasteiger partial charge is 0.359 e. The second-order valence-electron chi connectivity index (χ2n) is 4.26. The maximum atomic E-state index is 12.0. The van der Waals surface area contributed by atoms with Crippen LogP contribution in [0, 0.1) is 0 Å². The number of nitrogens with one attached hydrogen (secondary N) is 1. The fourth-order valence-electron chi connectivity index (χ4n) is 1.89. The number of ketones is 1. The standard InChI is InChI=1S/C14H13N3OS2/c1-2-9-6-10-13(16-8-17-14(10)20-9)19-7-12(18)11-4-3-5-15-11/h3-6,8,15H,2,7H2,1H3. The predicted octanol–water partition coefficient (Wildman–Crippen LogP) is 3.56. The first kappa shape index (κ1) is 13.3. The number of aryl methyl sites for hydroxylation is 1. The summed E-state index contributed by atoms with van der Waals surface area (Å²) in [6, 6.07) is 5.74. The molecule has 3 aromatic rings. The number of nitrogens with zero attached hydrogens (tertiary/aromatic N) is 2. The van der Waals surface area contributed by atoms with Gasteiger partial charge in [-0.25, -0.2) is 9.97 Å². The lowest BCUT2D eigenvalue weighted by Crippen LogP contribution is -2.02. The molecule has 0 fully saturated rings. The molecule has 3 heterocycles. The Bertz CT molecular complexity index is 734. The Morgan fingerprint density at radius 3 is 3.10 bits per heavy atom. The van der Waals surface area contributed by atoms with Crippen molar-refractivity contribution in [3.05, 3.63) is 41.3 Å². The minimum Gasteiger partial charge on any atom is -0.359 e. The molecule has 20 heavy (non-hydrogen) atoms. The first-order valence-electron chi connectivity index (χ1n) is 6.30. The first-order valence-corrected chi connectivity index (χ1v) is 8.11. The van der Waals surface area contributed by atoms with Crippen LogP contribution in [0.15, 0.2) is 35.7 Å². The summed E-state index contributed by atoms with van der Waals surface area (Å²) in [7, 11) is 0. The van der Waals surface area contributed by atoms with Crippen LogP contribution < -0.4 is 0 Å². The Labute approximate surface area is 124 Å². The third kappa shape index (κ3) is 2.62. The van der Waals surface area contributed by atoms with E-state index in [2.05, 4.69) is 27.9 Å². The highest BCUT2D eigenvalue weighted by molar-refractivity contribution is 8.00. The maximum absolute atomic E-state index is 12.0. The van der Waals surface area contributed by atoms with Crippen LogP contribution in [0.25, 0.3) is 10.2 Å². The Morgan fingerprint density at radius 2 is 2.35 bits per heavy atom. The molecule has 0 spiro atoms. The van der Waals surface area contributed by atoms with Gasteiger partial charge in [0.05, 0.1) is 11.4 Å². The zero-order chi connectivity index (χ0) is 13.9. The van der Waals surface area contributed by atoms with Crippen molar-refractivity contribution in [1.29, 1.82) is 0 Å². The lowest BCUT2D eigenvalue weighted by atomic mass is 10.3. The molecule has 3 rings (SSSR count). The predicted molar refractivity (Wildman–Crippen MR) is 82.6 cm³/mol. The molecule has 0 amide bonds. The number of aromatic nitrogens is 3. The van der Waals surface area contributed by atoms with E-state index in [1.807, 2.05) is 6.07 Å². The number of hydrogen-bond acceptors (Lipinski definition) is 5. The zero-order valence-electron chi connectivity index (χ0n) is 10.9. The van der Waals surface area contributed by atoms with Crippen molar-refractivity contribution >= 4 is 39.1 Å². The highest BCUT2D eigenvalue weighted by Crippen LogP contribution is 2.31. The molecule has 0 bridgehead atoms. The number of thiophene rings is 1. The van der Waals surface area contributed by atoms with Crippen LogP contribution in [-0.4, -0.2) is 26.5 Å². The van der Waals surface area contributed by atoms with Gasteiger partial charge in [-0.15, -0.1) is 11.3 Å². The van der Waals surface area contributed by atoms with E-state index in [1.165, 1.54) is 16.6 Å². The summed E-state index contributed by atoms with van der Waals surface area (Å²) < 4.78 is 0. The molecular weight excluding hydrogens is 290 g/mol. The molecule has 6 heteroatoms. The van der Waals surface area contributed by atoms with Crippen molar-refractivity contribution in [1.82, 2.24) is 15.0 Å². The van der Waals surface area contributed by atoms with E-state index in [-0.39, 0.29) is 5.78 Å². The Balaban J connectivity index is 1.80. The molecule has 0 unspecified atom stereocenters. The van der Waals surface area contributed by atoms with Gasteiger partial charge in [0.1, 0.15) is 16.2 Å². The summed E-state index contributed by atoms with van der Waals surface area (Å²) in [6.45, 7) is 2.12. The van der Waals surface area contributed by atoms with Crippen molar-refractivity contribution in [3.8, 4) is 0 Å². The molecule has 4 nitrogen and oxygen atoms in total. The van der Waals surface area contributed by atoms with E-state index >= 15 is 0 Å². The van der Waals surface area contributed by atoms with E-state index in [0.29, 0.717) is 11.4 Å². The molecule has 3 aromatic heterocycles. The Hall–Kier alpha value is -1.66. The number of thioether (sulfide) groups is 1. The lowest BCUT2D eigenvalue weighted by Gasteiger charge is -2.00. The first-order chi connectivity index (χ1) is 9.78. The molecule has 0 saturated carbocycles. The van der Waals surface area contributed by atoms with Gasteiger partial charge >= 0.3 is 0 Å². The minimum atomic E-state index is 0.0812. The van der Waals surface area contributed by atoms with E-state index in [1.54, 1.807) is 29.9 Å². The summed E-state index contributed by atoms with van der Waals surface area (Å²) >= 11 is 3.15. The molecule has 0 aliphatic heterocycles. The minimum absolute atomic E-state index is 0.0812. The number of carbonyl (C=O) groups excluding carboxylic acids is 1. The molecule has 0 aliphatic rings. The van der Waals surface area contributed by atoms with Gasteiger partial charge in [0.25, 0.3) is 0 Å². The number of hydrogen-bond donors (Lipinski definition) is 1. The summed E-state index contributed by atoms with van der Waals surface area (Å²) in [6.07, 6.45) is 4.32. The Morgan fingerprint density at radius 1 is 1.45 bits per heavy atom. The summed E-state index contributed by atoms with van der Waals surface area (Å²) in [5.74, 6) is 0.460. The fraction of sp³-hybridized carbons (Fsp3) is 0.214. The Kier molecular flexibility index (Phi) is 3.84. The molecule has 0 saturated heterocycles. The molecule has 1 N–H and O–H groups in total. The third-order valence-electron chi connectivity index (χ3n) is 2.93. The van der Waals surface area contributed by atoms with Crippen LogP contribution in [0.4, 0.5) is 0 Å². The number of carbonyl (C=O) groups is 1. The number of aromatic amines is 1. The average molecular weight is 303 g/mol. The molecule has 0 atom stereocenters. The van der Waals surface area contributed by atoms with Gasteiger partial charge in [0.2, 0.25) is 0 Å². The van der Waals surface area contributed by atoms with Crippen molar-refractivity contribution < 1.29 is 4.79 Å². The molecule has 0 aliphatic carbocycles. The van der Waals surface area contributed by atoms with Crippen molar-refractivity contribution in [3.63, 3.8) is 0 Å². The van der Waals surface area contributed by atoms with Crippen LogP contribution in [0.1, 0.15) is 22.3 Å².